The minimum atomic E-state index is -0.396. The fraction of sp³-hybridized carbons (Fsp3) is 0.185. The summed E-state index contributed by atoms with van der Waals surface area (Å²) in [7, 11) is 0. The number of pyridine rings is 3. The van der Waals surface area contributed by atoms with E-state index < -0.39 is 6.03 Å². The number of thiophene rings is 1. The molecule has 1 saturated carbocycles. The molecule has 0 spiro atoms. The van der Waals surface area contributed by atoms with E-state index in [0.717, 1.165) is 19.3 Å². The van der Waals surface area contributed by atoms with Gasteiger partial charge in [0.2, 0.25) is 5.91 Å². The Kier molecular flexibility index (Phi) is 6.04. The topological polar surface area (TPSA) is 129 Å². The highest BCUT2D eigenvalue weighted by Gasteiger charge is 2.35. The summed E-state index contributed by atoms with van der Waals surface area (Å²) in [5.74, 6) is -0.578. The highest BCUT2D eigenvalue weighted by molar-refractivity contribution is 7.21. The minimum Gasteiger partial charge on any atom is -0.348 e. The van der Waals surface area contributed by atoms with E-state index in [1.54, 1.807) is 41.7 Å². The number of rotatable bonds is 6. The number of anilines is 3. The second-order valence-corrected chi connectivity index (χ2v) is 10.0. The summed E-state index contributed by atoms with van der Waals surface area (Å²) in [4.78, 5) is 54.5. The third-order valence-electron chi connectivity index (χ3n) is 6.73. The molecule has 0 saturated heterocycles. The van der Waals surface area contributed by atoms with Crippen molar-refractivity contribution >= 4 is 56.5 Å². The van der Waals surface area contributed by atoms with Gasteiger partial charge in [0.15, 0.2) is 0 Å². The van der Waals surface area contributed by atoms with E-state index in [4.69, 9.17) is 0 Å². The summed E-state index contributed by atoms with van der Waals surface area (Å²) >= 11 is 1.22. The third kappa shape index (κ3) is 4.16. The number of nitrogens with one attached hydrogen (secondary N) is 3. The highest BCUT2D eigenvalue weighted by atomic mass is 32.1. The van der Waals surface area contributed by atoms with Gasteiger partial charge in [-0.3, -0.25) is 24.5 Å². The quantitative estimate of drug-likeness (QED) is 0.320. The first-order valence-corrected chi connectivity index (χ1v) is 13.0. The normalized spacial score (nSPS) is 18.2. The summed E-state index contributed by atoms with van der Waals surface area (Å²) in [5, 5.41) is 9.56. The Morgan fingerprint density at radius 1 is 1.03 bits per heavy atom. The zero-order valence-electron chi connectivity index (χ0n) is 20.2. The van der Waals surface area contributed by atoms with E-state index in [9.17, 15) is 14.4 Å². The lowest BCUT2D eigenvalue weighted by Gasteiger charge is -2.28. The van der Waals surface area contributed by atoms with Crippen molar-refractivity contribution in [1.82, 2.24) is 25.6 Å². The van der Waals surface area contributed by atoms with Gasteiger partial charge in [0, 0.05) is 30.7 Å². The molecule has 3 N–H and O–H groups in total. The van der Waals surface area contributed by atoms with Gasteiger partial charge in [-0.1, -0.05) is 12.6 Å². The zero-order valence-corrected chi connectivity index (χ0v) is 21.0. The molecule has 1 aliphatic carbocycles. The molecule has 4 amide bonds. The smallest absolute Gasteiger partial charge is 0.331 e. The molecule has 0 aromatic carbocycles. The molecule has 6 rings (SSSR count). The molecule has 4 aromatic heterocycles. The Hall–Kier alpha value is -4.64. The molecule has 11 heteroatoms. The van der Waals surface area contributed by atoms with Crippen molar-refractivity contribution in [1.29, 1.82) is 0 Å². The second-order valence-electron chi connectivity index (χ2n) is 9.03. The van der Waals surface area contributed by atoms with E-state index in [1.165, 1.54) is 17.4 Å². The maximum atomic E-state index is 13.4. The standard InChI is InChI=1S/C27H23N7O3S/c1-2-21(35)31-17-7-5-8-18(17)32-25(36)24-23-22-20(10-13-30-26(22)38-24)34(27(37)33-23)15-9-12-29-19(14-15)16-6-3-4-11-28-16/h2-4,6,9-14,17-18H,1,5,7-8H2,(H,31,35)(H,32,36)(H,33,37)/t17-,18-/m1/s1. The van der Waals surface area contributed by atoms with Crippen LogP contribution in [0.4, 0.5) is 21.9 Å². The zero-order chi connectivity index (χ0) is 26.2. The molecule has 2 aliphatic rings. The Labute approximate surface area is 221 Å². The summed E-state index contributed by atoms with van der Waals surface area (Å²) in [6.45, 7) is 3.50. The lowest BCUT2D eigenvalue weighted by Crippen LogP contribution is -2.48. The van der Waals surface area contributed by atoms with Crippen LogP contribution in [0.25, 0.3) is 21.6 Å². The lowest BCUT2D eigenvalue weighted by atomic mass is 10.1. The minimum absolute atomic E-state index is 0.172. The molecule has 1 aliphatic heterocycles. The molecule has 2 atom stereocenters. The second kappa shape index (κ2) is 9.67. The third-order valence-corrected chi connectivity index (χ3v) is 7.82. The molecule has 5 heterocycles. The number of carbonyl (C=O) groups is 3. The van der Waals surface area contributed by atoms with Crippen LogP contribution >= 0.6 is 11.3 Å². The van der Waals surface area contributed by atoms with Crippen molar-refractivity contribution in [2.24, 2.45) is 0 Å². The molecule has 1 fully saturated rings. The maximum Gasteiger partial charge on any atom is 0.331 e. The Morgan fingerprint density at radius 3 is 2.61 bits per heavy atom. The van der Waals surface area contributed by atoms with Crippen LogP contribution in [-0.4, -0.2) is 44.9 Å². The summed E-state index contributed by atoms with van der Waals surface area (Å²) in [5.41, 5.74) is 3.00. The first-order valence-electron chi connectivity index (χ1n) is 12.2. The van der Waals surface area contributed by atoms with Gasteiger partial charge in [0.1, 0.15) is 9.71 Å². The van der Waals surface area contributed by atoms with E-state index >= 15 is 0 Å². The van der Waals surface area contributed by atoms with Crippen LogP contribution in [0, 0.1) is 0 Å². The molecule has 38 heavy (non-hydrogen) atoms. The molecular weight excluding hydrogens is 502 g/mol. The number of hydrogen-bond acceptors (Lipinski definition) is 7. The first kappa shape index (κ1) is 23.7. The van der Waals surface area contributed by atoms with E-state index in [2.05, 4.69) is 37.5 Å². The van der Waals surface area contributed by atoms with Gasteiger partial charge in [-0.2, -0.15) is 0 Å². The Morgan fingerprint density at radius 2 is 1.82 bits per heavy atom. The Bertz CT molecular complexity index is 1590. The number of nitrogens with zero attached hydrogens (tertiary/aromatic N) is 4. The predicted octanol–water partition coefficient (Wildman–Crippen LogP) is 4.39. The van der Waals surface area contributed by atoms with E-state index in [1.807, 2.05) is 18.2 Å². The van der Waals surface area contributed by atoms with Crippen LogP contribution in [0.5, 0.6) is 0 Å². The number of urea groups is 1. The average molecular weight is 526 g/mol. The van der Waals surface area contributed by atoms with Crippen molar-refractivity contribution in [2.45, 2.75) is 31.3 Å². The molecule has 0 unspecified atom stereocenters. The molecule has 4 aromatic rings. The van der Waals surface area contributed by atoms with Crippen molar-refractivity contribution in [2.75, 3.05) is 10.2 Å². The number of aromatic nitrogens is 3. The van der Waals surface area contributed by atoms with Gasteiger partial charge in [0.05, 0.1) is 33.8 Å². The van der Waals surface area contributed by atoms with Crippen LogP contribution in [0.3, 0.4) is 0 Å². The predicted molar refractivity (Wildman–Crippen MR) is 145 cm³/mol. The number of amides is 4. The van der Waals surface area contributed by atoms with Gasteiger partial charge < -0.3 is 16.0 Å². The van der Waals surface area contributed by atoms with Gasteiger partial charge in [-0.25, -0.2) is 9.78 Å². The average Bonchev–Trinajstić information content (AvgIpc) is 3.54. The fourth-order valence-electron chi connectivity index (χ4n) is 4.99. The SMILES string of the molecule is C=CC(=O)N[C@@H]1CCC[C@H]1NC(=O)c1sc2nccc3c2c1NC(=O)N3c1ccnc(-c2ccccn2)c1. The summed E-state index contributed by atoms with van der Waals surface area (Å²) < 4.78 is 0. The number of carbonyl (C=O) groups excluding carboxylic acids is 3. The molecular formula is C27H23N7O3S. The largest absolute Gasteiger partial charge is 0.348 e. The van der Waals surface area contributed by atoms with Crippen LogP contribution in [-0.2, 0) is 4.79 Å². The highest BCUT2D eigenvalue weighted by Crippen LogP contribution is 2.46. The molecule has 0 bridgehead atoms. The van der Waals surface area contributed by atoms with Crippen LogP contribution in [0.2, 0.25) is 0 Å². The Balaban J connectivity index is 1.34. The van der Waals surface area contributed by atoms with Crippen LogP contribution in [0.15, 0.2) is 67.6 Å². The van der Waals surface area contributed by atoms with Crippen molar-refractivity contribution in [3.8, 4) is 11.4 Å². The van der Waals surface area contributed by atoms with Gasteiger partial charge >= 0.3 is 6.03 Å². The van der Waals surface area contributed by atoms with E-state index in [0.29, 0.717) is 43.5 Å². The molecule has 10 nitrogen and oxygen atoms in total. The first-order chi connectivity index (χ1) is 18.5. The summed E-state index contributed by atoms with van der Waals surface area (Å²) in [6.07, 6.45) is 8.58. The van der Waals surface area contributed by atoms with Gasteiger partial charge in [-0.05, 0) is 55.7 Å². The maximum absolute atomic E-state index is 13.4. The van der Waals surface area contributed by atoms with Gasteiger partial charge in [0.25, 0.3) is 5.91 Å². The van der Waals surface area contributed by atoms with Gasteiger partial charge in [-0.15, -0.1) is 11.3 Å². The lowest BCUT2D eigenvalue weighted by molar-refractivity contribution is -0.117. The van der Waals surface area contributed by atoms with Crippen molar-refractivity contribution in [3.05, 3.63) is 72.5 Å². The molecule has 0 radical (unpaired) electrons. The van der Waals surface area contributed by atoms with Crippen LogP contribution in [0.1, 0.15) is 28.9 Å². The van der Waals surface area contributed by atoms with Crippen molar-refractivity contribution in [3.63, 3.8) is 0 Å². The van der Waals surface area contributed by atoms with E-state index in [-0.39, 0.29) is 23.9 Å². The van der Waals surface area contributed by atoms with Crippen LogP contribution < -0.4 is 20.9 Å². The monoisotopic (exact) mass is 525 g/mol. The number of hydrogen-bond donors (Lipinski definition) is 3. The fourth-order valence-corrected chi connectivity index (χ4v) is 6.02. The van der Waals surface area contributed by atoms with Crippen molar-refractivity contribution < 1.29 is 14.4 Å². The molecule has 190 valence electrons. The summed E-state index contributed by atoms with van der Waals surface area (Å²) in [6, 6.07) is 10.1.